The zero-order valence-corrected chi connectivity index (χ0v) is 7.74. The Hall–Kier alpha value is 1.06. The zero-order chi connectivity index (χ0) is 4.83. The molecule has 0 aromatic carbocycles. The van der Waals surface area contributed by atoms with Crippen molar-refractivity contribution >= 4 is 0 Å². The fourth-order valence-corrected chi connectivity index (χ4v) is 0.302. The quantitative estimate of drug-likeness (QED) is 0.494. The molecule has 0 unspecified atom stereocenters. The van der Waals surface area contributed by atoms with Gasteiger partial charge in [0.05, 0.1) is 0 Å². The molecule has 1 nitrogen and oxygen atoms in total. The SMILES string of the molecule is [CH2-]CCNCC.[Y+3]. The molecule has 0 saturated heterocycles. The van der Waals surface area contributed by atoms with Gasteiger partial charge < -0.3 is 12.2 Å². The molecule has 0 radical (unpaired) electrons. The van der Waals surface area contributed by atoms with Crippen molar-refractivity contribution in [3.8, 4) is 0 Å². The van der Waals surface area contributed by atoms with Crippen LogP contribution in [0.4, 0.5) is 0 Å². The van der Waals surface area contributed by atoms with Crippen molar-refractivity contribution in [2.45, 2.75) is 13.3 Å². The fraction of sp³-hybridized carbons (Fsp3) is 0.800. The molecular weight excluding hydrogens is 163 g/mol. The van der Waals surface area contributed by atoms with E-state index in [4.69, 9.17) is 0 Å². The predicted octanol–water partition coefficient (Wildman–Crippen LogP) is 0.818. The van der Waals surface area contributed by atoms with Crippen LogP contribution in [0.5, 0.6) is 0 Å². The van der Waals surface area contributed by atoms with Crippen molar-refractivity contribution in [3.05, 3.63) is 6.92 Å². The summed E-state index contributed by atoms with van der Waals surface area (Å²) < 4.78 is 0. The van der Waals surface area contributed by atoms with E-state index in [0.29, 0.717) is 0 Å². The van der Waals surface area contributed by atoms with Gasteiger partial charge in [0.15, 0.2) is 0 Å². The first-order valence-corrected chi connectivity index (χ1v) is 2.41. The molecule has 0 atom stereocenters. The first-order valence-electron chi connectivity index (χ1n) is 2.41. The smallest absolute Gasteiger partial charge is 0.342 e. The number of hydrogen-bond acceptors (Lipinski definition) is 1. The largest absolute Gasteiger partial charge is 3.00 e. The normalized spacial score (nSPS) is 7.71. The van der Waals surface area contributed by atoms with E-state index in [1.807, 2.05) is 0 Å². The van der Waals surface area contributed by atoms with Crippen LogP contribution in [0, 0.1) is 6.92 Å². The van der Waals surface area contributed by atoms with Gasteiger partial charge in [0, 0.05) is 0 Å². The van der Waals surface area contributed by atoms with E-state index < -0.39 is 0 Å². The summed E-state index contributed by atoms with van der Waals surface area (Å²) in [5.41, 5.74) is 0. The average Bonchev–Trinajstić information content (AvgIpc) is 1.61. The van der Waals surface area contributed by atoms with Gasteiger partial charge in [0.25, 0.3) is 0 Å². The van der Waals surface area contributed by atoms with Crippen LogP contribution in [-0.2, 0) is 32.7 Å². The summed E-state index contributed by atoms with van der Waals surface area (Å²) in [6.45, 7) is 7.87. The molecule has 0 bridgehead atoms. The third kappa shape index (κ3) is 11.0. The van der Waals surface area contributed by atoms with Crippen LogP contribution in [0.25, 0.3) is 0 Å². The first kappa shape index (κ1) is 10.9. The van der Waals surface area contributed by atoms with E-state index in [2.05, 4.69) is 19.2 Å². The van der Waals surface area contributed by atoms with E-state index >= 15 is 0 Å². The van der Waals surface area contributed by atoms with Gasteiger partial charge in [-0.05, 0) is 13.1 Å². The molecule has 0 aliphatic heterocycles. The van der Waals surface area contributed by atoms with Crippen molar-refractivity contribution in [1.82, 2.24) is 5.32 Å². The van der Waals surface area contributed by atoms with Gasteiger partial charge in [-0.1, -0.05) is 6.92 Å². The Bertz CT molecular complexity index is 20.0. The summed E-state index contributed by atoms with van der Waals surface area (Å²) in [5.74, 6) is 0. The van der Waals surface area contributed by atoms with Gasteiger partial charge in [-0.3, -0.25) is 0 Å². The summed E-state index contributed by atoms with van der Waals surface area (Å²) in [6, 6.07) is 0. The maximum atomic E-state index is 3.66. The third-order valence-corrected chi connectivity index (χ3v) is 0.604. The second-order valence-corrected chi connectivity index (χ2v) is 1.21. The van der Waals surface area contributed by atoms with Gasteiger partial charge in [-0.25, -0.2) is 0 Å². The minimum absolute atomic E-state index is 0. The van der Waals surface area contributed by atoms with Crippen LogP contribution < -0.4 is 5.32 Å². The fourth-order valence-electron chi connectivity index (χ4n) is 0.302. The molecule has 0 amide bonds. The van der Waals surface area contributed by atoms with Crippen molar-refractivity contribution < 1.29 is 32.7 Å². The predicted molar refractivity (Wildman–Crippen MR) is 28.5 cm³/mol. The molecule has 38 valence electrons. The summed E-state index contributed by atoms with van der Waals surface area (Å²) in [7, 11) is 0. The van der Waals surface area contributed by atoms with Gasteiger partial charge in [-0.15, -0.1) is 0 Å². The van der Waals surface area contributed by atoms with E-state index in [-0.39, 0.29) is 32.7 Å². The molecule has 0 aliphatic carbocycles. The van der Waals surface area contributed by atoms with Crippen molar-refractivity contribution in [2.24, 2.45) is 0 Å². The van der Waals surface area contributed by atoms with Crippen LogP contribution in [0.2, 0.25) is 0 Å². The van der Waals surface area contributed by atoms with Crippen LogP contribution >= 0.6 is 0 Å². The maximum Gasteiger partial charge on any atom is 3.00 e. The van der Waals surface area contributed by atoms with Gasteiger partial charge >= 0.3 is 32.7 Å². The van der Waals surface area contributed by atoms with Crippen molar-refractivity contribution in [3.63, 3.8) is 0 Å². The van der Waals surface area contributed by atoms with Crippen LogP contribution in [0.3, 0.4) is 0 Å². The Labute approximate surface area is 71.1 Å². The van der Waals surface area contributed by atoms with E-state index in [1.54, 1.807) is 0 Å². The molecule has 0 spiro atoms. The Morgan fingerprint density at radius 1 is 1.57 bits per heavy atom. The molecule has 0 heterocycles. The van der Waals surface area contributed by atoms with E-state index in [9.17, 15) is 0 Å². The molecule has 0 rings (SSSR count). The average molecular weight is 175 g/mol. The van der Waals surface area contributed by atoms with Crippen LogP contribution in [0.1, 0.15) is 13.3 Å². The molecular formula is C5H12NY+2. The zero-order valence-electron chi connectivity index (χ0n) is 4.91. The van der Waals surface area contributed by atoms with Gasteiger partial charge in [0.2, 0.25) is 0 Å². The molecule has 1 N–H and O–H groups in total. The number of hydrogen-bond donors (Lipinski definition) is 1. The summed E-state index contributed by atoms with van der Waals surface area (Å²) in [4.78, 5) is 0. The second-order valence-electron chi connectivity index (χ2n) is 1.21. The van der Waals surface area contributed by atoms with E-state index in [1.165, 1.54) is 0 Å². The minimum Gasteiger partial charge on any atom is -0.342 e. The standard InChI is InChI=1S/C5H12N.Y/c1-3-5-6-4-2;/h6H,1,3-5H2,2H3;/q-1;+3. The van der Waals surface area contributed by atoms with Gasteiger partial charge in [-0.2, -0.15) is 6.42 Å². The first-order chi connectivity index (χ1) is 2.91. The molecule has 0 fully saturated rings. The number of rotatable bonds is 3. The molecule has 0 aromatic heterocycles. The molecule has 0 saturated carbocycles. The monoisotopic (exact) mass is 175 g/mol. The third-order valence-electron chi connectivity index (χ3n) is 0.604. The Morgan fingerprint density at radius 2 is 2.14 bits per heavy atom. The van der Waals surface area contributed by atoms with E-state index in [0.717, 1.165) is 19.5 Å². The molecule has 7 heavy (non-hydrogen) atoms. The summed E-state index contributed by atoms with van der Waals surface area (Å²) >= 11 is 0. The second kappa shape index (κ2) is 10.1. The molecule has 0 aromatic rings. The minimum atomic E-state index is 0. The Balaban J connectivity index is 0. The summed E-state index contributed by atoms with van der Waals surface area (Å²) in [6.07, 6.45) is 0.994. The molecule has 0 aliphatic rings. The van der Waals surface area contributed by atoms with Gasteiger partial charge in [0.1, 0.15) is 0 Å². The van der Waals surface area contributed by atoms with Crippen LogP contribution in [0.15, 0.2) is 0 Å². The Kier molecular flexibility index (Phi) is 15.8. The maximum absolute atomic E-state index is 3.66. The van der Waals surface area contributed by atoms with Crippen molar-refractivity contribution in [1.29, 1.82) is 0 Å². The van der Waals surface area contributed by atoms with Crippen LogP contribution in [-0.4, -0.2) is 13.1 Å². The number of nitrogens with one attached hydrogen (secondary N) is 1. The molecule has 2 heteroatoms. The Morgan fingerprint density at radius 3 is 2.29 bits per heavy atom. The topological polar surface area (TPSA) is 12.0 Å². The van der Waals surface area contributed by atoms with Crippen molar-refractivity contribution in [2.75, 3.05) is 13.1 Å². The summed E-state index contributed by atoms with van der Waals surface area (Å²) in [5, 5.41) is 3.14.